The van der Waals surface area contributed by atoms with E-state index < -0.39 is 0 Å². The number of halogens is 2. The molecule has 2 rings (SSSR count). The maximum atomic E-state index is 12.2. The molecule has 0 amide bonds. The molecule has 0 spiro atoms. The van der Waals surface area contributed by atoms with Gasteiger partial charge in [0.25, 0.3) is 0 Å². The smallest absolute Gasteiger partial charge is 0.212 e. The van der Waals surface area contributed by atoms with Crippen LogP contribution < -0.4 is 0 Å². The molecule has 0 fully saturated rings. The van der Waals surface area contributed by atoms with Crippen LogP contribution in [0.15, 0.2) is 24.4 Å². The maximum absolute atomic E-state index is 12.2. The minimum Gasteiger partial charge on any atom is -0.287 e. The molecule has 0 saturated heterocycles. The van der Waals surface area contributed by atoms with Crippen LogP contribution in [0.5, 0.6) is 0 Å². The zero-order valence-electron chi connectivity index (χ0n) is 9.37. The van der Waals surface area contributed by atoms with Crippen LogP contribution in [0.4, 0.5) is 0 Å². The molecule has 17 heavy (non-hydrogen) atoms. The number of benzene rings is 1. The van der Waals surface area contributed by atoms with Crippen LogP contribution in [-0.2, 0) is 7.05 Å². The molecule has 3 nitrogen and oxygen atoms in total. The first-order chi connectivity index (χ1) is 8.00. The molecule has 5 heteroatoms. The minimum absolute atomic E-state index is 0.183. The van der Waals surface area contributed by atoms with E-state index in [4.69, 9.17) is 23.2 Å². The summed E-state index contributed by atoms with van der Waals surface area (Å²) in [6.07, 6.45) is 1.45. The summed E-state index contributed by atoms with van der Waals surface area (Å²) in [5, 5.41) is 4.84. The number of nitrogens with zero attached hydrogens (tertiary/aromatic N) is 2. The van der Waals surface area contributed by atoms with E-state index in [0.29, 0.717) is 21.3 Å². The monoisotopic (exact) mass is 268 g/mol. The third-order valence-electron chi connectivity index (χ3n) is 2.54. The molecule has 0 atom stereocenters. The molecule has 0 aliphatic rings. The van der Waals surface area contributed by atoms with Gasteiger partial charge in [-0.05, 0) is 18.6 Å². The summed E-state index contributed by atoms with van der Waals surface area (Å²) in [4.78, 5) is 12.2. The van der Waals surface area contributed by atoms with Crippen LogP contribution >= 0.6 is 23.2 Å². The Morgan fingerprint density at radius 3 is 2.53 bits per heavy atom. The fourth-order valence-corrected chi connectivity index (χ4v) is 1.97. The first-order valence-electron chi connectivity index (χ1n) is 4.99. The SMILES string of the molecule is Cc1ccc(C(=O)c2c(Cl)cnn2C)cc1Cl. The summed E-state index contributed by atoms with van der Waals surface area (Å²) in [7, 11) is 1.68. The lowest BCUT2D eigenvalue weighted by molar-refractivity contribution is 0.103. The van der Waals surface area contributed by atoms with Crippen molar-refractivity contribution in [2.24, 2.45) is 7.05 Å². The van der Waals surface area contributed by atoms with Gasteiger partial charge in [0.2, 0.25) is 5.78 Å². The minimum atomic E-state index is -0.183. The lowest BCUT2D eigenvalue weighted by Crippen LogP contribution is -2.09. The Morgan fingerprint density at radius 1 is 1.29 bits per heavy atom. The van der Waals surface area contributed by atoms with Crippen molar-refractivity contribution in [3.8, 4) is 0 Å². The molecule has 0 aliphatic heterocycles. The van der Waals surface area contributed by atoms with E-state index in [1.807, 2.05) is 6.92 Å². The van der Waals surface area contributed by atoms with Crippen molar-refractivity contribution >= 4 is 29.0 Å². The van der Waals surface area contributed by atoms with Gasteiger partial charge >= 0.3 is 0 Å². The van der Waals surface area contributed by atoms with E-state index >= 15 is 0 Å². The van der Waals surface area contributed by atoms with Gasteiger partial charge < -0.3 is 0 Å². The number of aryl methyl sites for hydroxylation is 2. The molecule has 1 aromatic heterocycles. The van der Waals surface area contributed by atoms with Crippen LogP contribution in [-0.4, -0.2) is 15.6 Å². The molecule has 0 radical (unpaired) electrons. The van der Waals surface area contributed by atoms with Gasteiger partial charge in [-0.1, -0.05) is 35.3 Å². The average molecular weight is 269 g/mol. The van der Waals surface area contributed by atoms with Crippen molar-refractivity contribution in [2.45, 2.75) is 6.92 Å². The van der Waals surface area contributed by atoms with Crippen molar-refractivity contribution in [3.05, 3.63) is 51.3 Å². The van der Waals surface area contributed by atoms with E-state index in [-0.39, 0.29) is 5.78 Å². The Hall–Kier alpha value is -1.32. The molecule has 1 aromatic carbocycles. The zero-order valence-corrected chi connectivity index (χ0v) is 10.9. The molecular weight excluding hydrogens is 259 g/mol. The summed E-state index contributed by atoms with van der Waals surface area (Å²) in [5.74, 6) is -0.183. The van der Waals surface area contributed by atoms with Crippen LogP contribution in [0.2, 0.25) is 10.0 Å². The fourth-order valence-electron chi connectivity index (χ4n) is 1.54. The summed E-state index contributed by atoms with van der Waals surface area (Å²) in [6.45, 7) is 1.88. The summed E-state index contributed by atoms with van der Waals surface area (Å²) < 4.78 is 1.46. The Labute approximate surface area is 109 Å². The molecule has 0 bridgehead atoms. The van der Waals surface area contributed by atoms with Gasteiger partial charge in [-0.15, -0.1) is 0 Å². The van der Waals surface area contributed by atoms with Gasteiger partial charge in [0.15, 0.2) is 0 Å². The number of carbonyl (C=O) groups is 1. The van der Waals surface area contributed by atoms with Gasteiger partial charge in [-0.2, -0.15) is 5.10 Å². The third-order valence-corrected chi connectivity index (χ3v) is 3.23. The van der Waals surface area contributed by atoms with Crippen molar-refractivity contribution in [3.63, 3.8) is 0 Å². The molecule has 2 aromatic rings. The van der Waals surface area contributed by atoms with Crippen LogP contribution in [0, 0.1) is 6.92 Å². The maximum Gasteiger partial charge on any atom is 0.212 e. The second-order valence-corrected chi connectivity index (χ2v) is 4.57. The van der Waals surface area contributed by atoms with Gasteiger partial charge in [-0.25, -0.2) is 0 Å². The van der Waals surface area contributed by atoms with E-state index in [1.165, 1.54) is 10.9 Å². The number of ketones is 1. The van der Waals surface area contributed by atoms with Crippen molar-refractivity contribution < 1.29 is 4.79 Å². The van der Waals surface area contributed by atoms with Gasteiger partial charge in [0.05, 0.1) is 11.2 Å². The van der Waals surface area contributed by atoms with Gasteiger partial charge in [0.1, 0.15) is 5.69 Å². The van der Waals surface area contributed by atoms with E-state index in [0.717, 1.165) is 5.56 Å². The molecule has 0 unspecified atom stereocenters. The normalized spacial score (nSPS) is 10.6. The standard InChI is InChI=1S/C12H10Cl2N2O/c1-7-3-4-8(5-9(7)13)12(17)11-10(14)6-15-16(11)2/h3-6H,1-2H3. The molecule has 0 N–H and O–H groups in total. The summed E-state index contributed by atoms with van der Waals surface area (Å²) >= 11 is 11.9. The van der Waals surface area contributed by atoms with Crippen LogP contribution in [0.1, 0.15) is 21.6 Å². The topological polar surface area (TPSA) is 34.9 Å². The Balaban J connectivity index is 2.48. The zero-order chi connectivity index (χ0) is 12.6. The third kappa shape index (κ3) is 2.21. The lowest BCUT2D eigenvalue weighted by Gasteiger charge is -2.04. The molecule has 0 aliphatic carbocycles. The largest absolute Gasteiger partial charge is 0.287 e. The van der Waals surface area contributed by atoms with Crippen LogP contribution in [0.3, 0.4) is 0 Å². The number of carbonyl (C=O) groups excluding carboxylic acids is 1. The van der Waals surface area contributed by atoms with Crippen molar-refractivity contribution in [2.75, 3.05) is 0 Å². The highest BCUT2D eigenvalue weighted by atomic mass is 35.5. The number of hydrogen-bond acceptors (Lipinski definition) is 2. The average Bonchev–Trinajstić information content (AvgIpc) is 2.62. The Morgan fingerprint density at radius 2 is 2.00 bits per heavy atom. The fraction of sp³-hybridized carbons (Fsp3) is 0.167. The second kappa shape index (κ2) is 4.51. The summed E-state index contributed by atoms with van der Waals surface area (Å²) in [6, 6.07) is 5.18. The highest BCUT2D eigenvalue weighted by Crippen LogP contribution is 2.22. The lowest BCUT2D eigenvalue weighted by atomic mass is 10.1. The quantitative estimate of drug-likeness (QED) is 0.784. The molecule has 1 heterocycles. The van der Waals surface area contributed by atoms with E-state index in [1.54, 1.807) is 25.2 Å². The number of rotatable bonds is 2. The van der Waals surface area contributed by atoms with Crippen molar-refractivity contribution in [1.82, 2.24) is 9.78 Å². The Kier molecular flexibility index (Phi) is 3.22. The van der Waals surface area contributed by atoms with Crippen LogP contribution in [0.25, 0.3) is 0 Å². The van der Waals surface area contributed by atoms with Gasteiger partial charge in [-0.3, -0.25) is 9.48 Å². The first kappa shape index (κ1) is 12.1. The molecular formula is C12H10Cl2N2O. The highest BCUT2D eigenvalue weighted by Gasteiger charge is 2.17. The highest BCUT2D eigenvalue weighted by molar-refractivity contribution is 6.35. The van der Waals surface area contributed by atoms with E-state index in [2.05, 4.69) is 5.10 Å². The first-order valence-corrected chi connectivity index (χ1v) is 5.74. The van der Waals surface area contributed by atoms with E-state index in [9.17, 15) is 4.79 Å². The predicted molar refractivity (Wildman–Crippen MR) is 67.8 cm³/mol. The molecule has 88 valence electrons. The Bertz CT molecular complexity index is 571. The number of hydrogen-bond donors (Lipinski definition) is 0. The predicted octanol–water partition coefficient (Wildman–Crippen LogP) is 3.27. The molecule has 0 saturated carbocycles. The van der Waals surface area contributed by atoms with Crippen molar-refractivity contribution in [1.29, 1.82) is 0 Å². The summed E-state index contributed by atoms with van der Waals surface area (Å²) in [5.41, 5.74) is 1.80. The number of aromatic nitrogens is 2. The van der Waals surface area contributed by atoms with Gasteiger partial charge in [0, 0.05) is 17.6 Å². The second-order valence-electron chi connectivity index (χ2n) is 3.76.